The maximum absolute atomic E-state index is 8.91. The van der Waals surface area contributed by atoms with Crippen LogP contribution in [0.15, 0.2) is 24.3 Å². The molecule has 0 bridgehead atoms. The van der Waals surface area contributed by atoms with Crippen LogP contribution in [0.25, 0.3) is 0 Å². The summed E-state index contributed by atoms with van der Waals surface area (Å²) < 4.78 is 0. The second-order valence-corrected chi connectivity index (χ2v) is 3.57. The molecule has 3 N–H and O–H groups in total. The maximum atomic E-state index is 8.91. The SMILES string of the molecule is CCc1ccccc1CNC(CO)CO. The normalized spacial score (nSPS) is 10.9. The van der Waals surface area contributed by atoms with Crippen molar-refractivity contribution >= 4 is 0 Å². The molecule has 1 aromatic rings. The Labute approximate surface area is 90.8 Å². The van der Waals surface area contributed by atoms with Crippen molar-refractivity contribution in [1.29, 1.82) is 0 Å². The molecule has 1 rings (SSSR count). The van der Waals surface area contributed by atoms with Crippen LogP contribution in [0.4, 0.5) is 0 Å². The van der Waals surface area contributed by atoms with Gasteiger partial charge in [-0.2, -0.15) is 0 Å². The third-order valence-electron chi connectivity index (χ3n) is 2.52. The lowest BCUT2D eigenvalue weighted by molar-refractivity contribution is 0.170. The fraction of sp³-hybridized carbons (Fsp3) is 0.500. The zero-order valence-corrected chi connectivity index (χ0v) is 9.11. The summed E-state index contributed by atoms with van der Waals surface area (Å²) in [5, 5.41) is 20.9. The molecule has 0 saturated carbocycles. The summed E-state index contributed by atoms with van der Waals surface area (Å²) in [6, 6.07) is 7.97. The molecule has 0 atom stereocenters. The highest BCUT2D eigenvalue weighted by Crippen LogP contribution is 2.09. The first-order chi connectivity index (χ1) is 7.31. The van der Waals surface area contributed by atoms with Crippen LogP contribution in [0.1, 0.15) is 18.1 Å². The van der Waals surface area contributed by atoms with Gasteiger partial charge < -0.3 is 15.5 Å². The van der Waals surface area contributed by atoms with Crippen LogP contribution >= 0.6 is 0 Å². The van der Waals surface area contributed by atoms with E-state index in [0.717, 1.165) is 6.42 Å². The molecule has 3 heteroatoms. The fourth-order valence-corrected chi connectivity index (χ4v) is 1.52. The van der Waals surface area contributed by atoms with Crippen molar-refractivity contribution in [3.8, 4) is 0 Å². The average molecular weight is 209 g/mol. The third kappa shape index (κ3) is 3.63. The lowest BCUT2D eigenvalue weighted by Crippen LogP contribution is -2.35. The van der Waals surface area contributed by atoms with E-state index in [1.165, 1.54) is 11.1 Å². The predicted molar refractivity (Wildman–Crippen MR) is 60.6 cm³/mol. The zero-order valence-electron chi connectivity index (χ0n) is 9.11. The molecular formula is C12H19NO2. The number of benzene rings is 1. The van der Waals surface area contributed by atoms with Gasteiger partial charge in [-0.1, -0.05) is 31.2 Å². The summed E-state index contributed by atoms with van der Waals surface area (Å²) in [4.78, 5) is 0. The number of aliphatic hydroxyl groups excluding tert-OH is 2. The number of aliphatic hydroxyl groups is 2. The van der Waals surface area contributed by atoms with Gasteiger partial charge in [0.1, 0.15) is 0 Å². The smallest absolute Gasteiger partial charge is 0.0607 e. The van der Waals surface area contributed by atoms with Crippen LogP contribution in [0, 0.1) is 0 Å². The van der Waals surface area contributed by atoms with Crippen molar-refractivity contribution in [2.24, 2.45) is 0 Å². The Morgan fingerprint density at radius 3 is 2.27 bits per heavy atom. The van der Waals surface area contributed by atoms with E-state index in [1.807, 2.05) is 12.1 Å². The van der Waals surface area contributed by atoms with Crippen LogP contribution in [0.5, 0.6) is 0 Å². The van der Waals surface area contributed by atoms with Gasteiger partial charge in [0.15, 0.2) is 0 Å². The Kier molecular flexibility index (Phi) is 5.32. The molecule has 0 unspecified atom stereocenters. The van der Waals surface area contributed by atoms with Crippen molar-refractivity contribution in [2.45, 2.75) is 25.9 Å². The van der Waals surface area contributed by atoms with Gasteiger partial charge in [0.25, 0.3) is 0 Å². The highest BCUT2D eigenvalue weighted by Gasteiger charge is 2.05. The van der Waals surface area contributed by atoms with Gasteiger partial charge in [0.2, 0.25) is 0 Å². The fourth-order valence-electron chi connectivity index (χ4n) is 1.52. The molecule has 15 heavy (non-hydrogen) atoms. The van der Waals surface area contributed by atoms with Crippen LogP contribution in [0.2, 0.25) is 0 Å². The Hall–Kier alpha value is -0.900. The zero-order chi connectivity index (χ0) is 11.1. The summed E-state index contributed by atoms with van der Waals surface area (Å²) in [6.45, 7) is 2.74. The molecule has 3 nitrogen and oxygen atoms in total. The van der Waals surface area contributed by atoms with Crippen LogP contribution in [-0.4, -0.2) is 29.5 Å². The summed E-state index contributed by atoms with van der Waals surface area (Å²) in [5.41, 5.74) is 2.53. The van der Waals surface area contributed by atoms with E-state index in [-0.39, 0.29) is 19.3 Å². The van der Waals surface area contributed by atoms with E-state index in [9.17, 15) is 0 Å². The molecule has 0 heterocycles. The molecule has 0 aromatic heterocycles. The molecule has 0 aliphatic heterocycles. The molecule has 84 valence electrons. The molecule has 0 saturated heterocycles. The average Bonchev–Trinajstić information content (AvgIpc) is 2.31. The van der Waals surface area contributed by atoms with Crippen LogP contribution < -0.4 is 5.32 Å². The number of hydrogen-bond acceptors (Lipinski definition) is 3. The molecule has 0 radical (unpaired) electrons. The Balaban J connectivity index is 2.56. The van der Waals surface area contributed by atoms with Crippen molar-refractivity contribution in [3.63, 3.8) is 0 Å². The predicted octanol–water partition coefficient (Wildman–Crippen LogP) is 0.692. The minimum Gasteiger partial charge on any atom is -0.395 e. The standard InChI is InChI=1S/C12H19NO2/c1-2-10-5-3-4-6-11(10)7-13-12(8-14)9-15/h3-6,12-15H,2,7-9H2,1H3. The van der Waals surface area contributed by atoms with E-state index in [1.54, 1.807) is 0 Å². The van der Waals surface area contributed by atoms with Crippen molar-refractivity contribution in [1.82, 2.24) is 5.32 Å². The largest absolute Gasteiger partial charge is 0.395 e. The van der Waals surface area contributed by atoms with Crippen LogP contribution in [-0.2, 0) is 13.0 Å². The number of nitrogens with one attached hydrogen (secondary N) is 1. The summed E-state index contributed by atoms with van der Waals surface area (Å²) in [7, 11) is 0. The molecule has 0 fully saturated rings. The van der Waals surface area contributed by atoms with Gasteiger partial charge in [0, 0.05) is 6.54 Å². The second kappa shape index (κ2) is 6.56. The molecular weight excluding hydrogens is 190 g/mol. The molecule has 1 aromatic carbocycles. The van der Waals surface area contributed by atoms with Crippen molar-refractivity contribution in [2.75, 3.05) is 13.2 Å². The lowest BCUT2D eigenvalue weighted by atomic mass is 10.1. The first-order valence-corrected chi connectivity index (χ1v) is 5.33. The van der Waals surface area contributed by atoms with E-state index in [0.29, 0.717) is 6.54 Å². The second-order valence-electron chi connectivity index (χ2n) is 3.57. The summed E-state index contributed by atoms with van der Waals surface area (Å²) >= 11 is 0. The van der Waals surface area contributed by atoms with Gasteiger partial charge in [-0.25, -0.2) is 0 Å². The molecule has 0 spiro atoms. The number of aryl methyl sites for hydroxylation is 1. The highest BCUT2D eigenvalue weighted by molar-refractivity contribution is 5.26. The van der Waals surface area contributed by atoms with Gasteiger partial charge in [-0.15, -0.1) is 0 Å². The quantitative estimate of drug-likeness (QED) is 0.646. The minimum absolute atomic E-state index is 0.0369. The topological polar surface area (TPSA) is 52.5 Å². The van der Waals surface area contributed by atoms with Crippen LogP contribution in [0.3, 0.4) is 0 Å². The molecule has 0 amide bonds. The summed E-state index contributed by atoms with van der Waals surface area (Å²) in [5.74, 6) is 0. The summed E-state index contributed by atoms with van der Waals surface area (Å²) in [6.07, 6.45) is 1.00. The van der Waals surface area contributed by atoms with Gasteiger partial charge in [-0.05, 0) is 17.5 Å². The van der Waals surface area contributed by atoms with E-state index < -0.39 is 0 Å². The Bertz CT molecular complexity index is 285. The Morgan fingerprint density at radius 1 is 1.13 bits per heavy atom. The number of rotatable bonds is 6. The molecule has 0 aliphatic rings. The van der Waals surface area contributed by atoms with E-state index in [4.69, 9.17) is 10.2 Å². The number of hydrogen-bond donors (Lipinski definition) is 3. The first kappa shape index (κ1) is 12.2. The highest BCUT2D eigenvalue weighted by atomic mass is 16.3. The van der Waals surface area contributed by atoms with E-state index >= 15 is 0 Å². The van der Waals surface area contributed by atoms with Gasteiger partial charge >= 0.3 is 0 Å². The lowest BCUT2D eigenvalue weighted by Gasteiger charge is -2.14. The van der Waals surface area contributed by atoms with Crippen molar-refractivity contribution < 1.29 is 10.2 Å². The van der Waals surface area contributed by atoms with Gasteiger partial charge in [-0.3, -0.25) is 0 Å². The van der Waals surface area contributed by atoms with Crippen molar-refractivity contribution in [3.05, 3.63) is 35.4 Å². The molecule has 0 aliphatic carbocycles. The minimum atomic E-state index is -0.227. The first-order valence-electron chi connectivity index (χ1n) is 5.33. The third-order valence-corrected chi connectivity index (χ3v) is 2.52. The van der Waals surface area contributed by atoms with Gasteiger partial charge in [0.05, 0.1) is 19.3 Å². The Morgan fingerprint density at radius 2 is 1.73 bits per heavy atom. The monoisotopic (exact) mass is 209 g/mol. The van der Waals surface area contributed by atoms with E-state index in [2.05, 4.69) is 24.4 Å². The maximum Gasteiger partial charge on any atom is 0.0607 e.